The van der Waals surface area contributed by atoms with E-state index in [1.54, 1.807) is 11.6 Å². The summed E-state index contributed by atoms with van der Waals surface area (Å²) in [5.74, 6) is 0. The van der Waals surface area contributed by atoms with Crippen LogP contribution in [-0.2, 0) is 17.1 Å². The molecule has 1 heterocycles. The second-order valence-corrected chi connectivity index (χ2v) is 4.76. The minimum absolute atomic E-state index is 0.0787. The highest BCUT2D eigenvalue weighted by Gasteiger charge is 2.19. The van der Waals surface area contributed by atoms with Crippen LogP contribution in [0, 0.1) is 0 Å². The summed E-state index contributed by atoms with van der Waals surface area (Å²) in [6.45, 7) is 0. The topological polar surface area (TPSA) is 55.2 Å². The van der Waals surface area contributed by atoms with Crippen molar-refractivity contribution < 1.29 is 8.42 Å². The molecule has 0 atom stereocenters. The first-order chi connectivity index (χ1) is 5.44. The van der Waals surface area contributed by atoms with Gasteiger partial charge in [-0.05, 0) is 0 Å². The van der Waals surface area contributed by atoms with E-state index in [1.807, 2.05) is 0 Å². The summed E-state index contributed by atoms with van der Waals surface area (Å²) in [6, 6.07) is 0. The van der Waals surface area contributed by atoms with E-state index in [2.05, 4.69) is 4.98 Å². The largest absolute Gasteiger partial charge is 0.339 e. The van der Waals surface area contributed by atoms with Crippen LogP contribution in [0.5, 0.6) is 0 Å². The molecule has 12 heavy (non-hydrogen) atoms. The molecule has 0 aromatic carbocycles. The van der Waals surface area contributed by atoms with Crippen LogP contribution < -0.4 is 0 Å². The van der Waals surface area contributed by atoms with E-state index >= 15 is 0 Å². The van der Waals surface area contributed by atoms with Gasteiger partial charge in [0.15, 0.2) is 5.03 Å². The zero-order valence-electron chi connectivity index (χ0n) is 7.22. The lowest BCUT2D eigenvalue weighted by Gasteiger charge is -2.07. The maximum absolute atomic E-state index is 11.4. The average molecular weight is 189 g/mol. The SMILES string of the molecule is CN(C)S(=O)(=O)c1cn(C)cn1. The van der Waals surface area contributed by atoms with E-state index in [4.69, 9.17) is 0 Å². The monoisotopic (exact) mass is 189 g/mol. The Kier molecular flexibility index (Phi) is 2.20. The van der Waals surface area contributed by atoms with Crippen LogP contribution in [0.25, 0.3) is 0 Å². The van der Waals surface area contributed by atoms with Gasteiger partial charge in [0.2, 0.25) is 0 Å². The van der Waals surface area contributed by atoms with Crippen LogP contribution in [0.3, 0.4) is 0 Å². The van der Waals surface area contributed by atoms with Crippen LogP contribution in [0.1, 0.15) is 0 Å². The van der Waals surface area contributed by atoms with Crippen molar-refractivity contribution in [3.63, 3.8) is 0 Å². The van der Waals surface area contributed by atoms with Crippen molar-refractivity contribution >= 4 is 10.0 Å². The third-order valence-electron chi connectivity index (χ3n) is 1.43. The van der Waals surface area contributed by atoms with Gasteiger partial charge in [-0.1, -0.05) is 0 Å². The van der Waals surface area contributed by atoms with Gasteiger partial charge in [-0.3, -0.25) is 0 Å². The Morgan fingerprint density at radius 1 is 1.50 bits per heavy atom. The lowest BCUT2D eigenvalue weighted by atomic mass is 10.9. The molecule has 68 valence electrons. The normalized spacial score (nSPS) is 12.3. The molecule has 0 N–H and O–H groups in total. The smallest absolute Gasteiger partial charge is 0.261 e. The lowest BCUT2D eigenvalue weighted by molar-refractivity contribution is 0.517. The Morgan fingerprint density at radius 2 is 2.08 bits per heavy atom. The Balaban J connectivity index is 3.15. The fourth-order valence-corrected chi connectivity index (χ4v) is 1.56. The van der Waals surface area contributed by atoms with Crippen molar-refractivity contribution in [1.82, 2.24) is 13.9 Å². The Bertz CT molecular complexity index is 366. The zero-order chi connectivity index (χ0) is 9.35. The molecule has 0 bridgehead atoms. The Hall–Kier alpha value is -0.880. The summed E-state index contributed by atoms with van der Waals surface area (Å²) in [6.07, 6.45) is 2.92. The fraction of sp³-hybridized carbons (Fsp3) is 0.500. The zero-order valence-corrected chi connectivity index (χ0v) is 8.04. The molecule has 6 heteroatoms. The summed E-state index contributed by atoms with van der Waals surface area (Å²) in [7, 11) is 1.32. The van der Waals surface area contributed by atoms with Gasteiger partial charge in [0.05, 0.1) is 6.33 Å². The molecule has 1 aromatic heterocycles. The quantitative estimate of drug-likeness (QED) is 0.640. The molecule has 1 rings (SSSR count). The third kappa shape index (κ3) is 1.49. The standard InChI is InChI=1S/C6H11N3O2S/c1-8(2)12(10,11)6-4-9(3)5-7-6/h4-5H,1-3H3. The first kappa shape index (κ1) is 9.21. The molecular weight excluding hydrogens is 178 g/mol. The van der Waals surface area contributed by atoms with Crippen molar-refractivity contribution in [2.24, 2.45) is 7.05 Å². The number of hydrogen-bond acceptors (Lipinski definition) is 3. The molecule has 0 saturated carbocycles. The highest BCUT2D eigenvalue weighted by Crippen LogP contribution is 2.08. The van der Waals surface area contributed by atoms with Crippen LogP contribution in [0.2, 0.25) is 0 Å². The van der Waals surface area contributed by atoms with E-state index in [0.717, 1.165) is 4.31 Å². The van der Waals surface area contributed by atoms with Gasteiger partial charge in [0.25, 0.3) is 10.0 Å². The summed E-state index contributed by atoms with van der Waals surface area (Å²) in [5, 5.41) is 0.0787. The molecule has 0 saturated heterocycles. The number of sulfonamides is 1. The number of aromatic nitrogens is 2. The van der Waals surface area contributed by atoms with Gasteiger partial charge in [-0.25, -0.2) is 17.7 Å². The third-order valence-corrected chi connectivity index (χ3v) is 3.13. The van der Waals surface area contributed by atoms with Gasteiger partial charge in [-0.2, -0.15) is 0 Å². The van der Waals surface area contributed by atoms with Gasteiger partial charge in [0, 0.05) is 27.3 Å². The maximum atomic E-state index is 11.4. The number of aryl methyl sites for hydroxylation is 1. The molecule has 0 amide bonds. The van der Waals surface area contributed by atoms with Crippen molar-refractivity contribution in [2.75, 3.05) is 14.1 Å². The summed E-state index contributed by atoms with van der Waals surface area (Å²) in [5.41, 5.74) is 0. The number of imidazole rings is 1. The minimum atomic E-state index is -3.35. The van der Waals surface area contributed by atoms with Gasteiger partial charge in [0.1, 0.15) is 0 Å². The molecule has 0 unspecified atom stereocenters. The molecule has 0 aliphatic heterocycles. The molecule has 0 spiro atoms. The van der Waals surface area contributed by atoms with E-state index in [9.17, 15) is 8.42 Å². The second-order valence-electron chi connectivity index (χ2n) is 2.66. The van der Waals surface area contributed by atoms with Crippen LogP contribution in [-0.4, -0.2) is 36.4 Å². The molecule has 1 aromatic rings. The van der Waals surface area contributed by atoms with Crippen LogP contribution >= 0.6 is 0 Å². The molecular formula is C6H11N3O2S. The van der Waals surface area contributed by atoms with E-state index in [-0.39, 0.29) is 5.03 Å². The summed E-state index contributed by atoms with van der Waals surface area (Å²) in [4.78, 5) is 3.74. The Labute approximate surface area is 71.7 Å². The fourth-order valence-electron chi connectivity index (χ4n) is 0.709. The van der Waals surface area contributed by atoms with Crippen molar-refractivity contribution in [2.45, 2.75) is 5.03 Å². The number of rotatable bonds is 2. The van der Waals surface area contributed by atoms with Gasteiger partial charge >= 0.3 is 0 Å². The molecule has 0 aliphatic rings. The van der Waals surface area contributed by atoms with Crippen molar-refractivity contribution in [3.05, 3.63) is 12.5 Å². The lowest BCUT2D eigenvalue weighted by Crippen LogP contribution is -2.22. The average Bonchev–Trinajstić information content (AvgIpc) is 2.35. The molecule has 0 fully saturated rings. The maximum Gasteiger partial charge on any atom is 0.261 e. The van der Waals surface area contributed by atoms with Crippen molar-refractivity contribution in [3.8, 4) is 0 Å². The second kappa shape index (κ2) is 2.87. The van der Waals surface area contributed by atoms with Gasteiger partial charge in [-0.15, -0.1) is 0 Å². The molecule has 0 aliphatic carbocycles. The van der Waals surface area contributed by atoms with E-state index in [1.165, 1.54) is 26.6 Å². The first-order valence-corrected chi connectivity index (χ1v) is 4.79. The summed E-state index contributed by atoms with van der Waals surface area (Å²) < 4.78 is 25.5. The Morgan fingerprint density at radius 3 is 2.42 bits per heavy atom. The van der Waals surface area contributed by atoms with E-state index < -0.39 is 10.0 Å². The number of hydrogen-bond donors (Lipinski definition) is 0. The van der Waals surface area contributed by atoms with E-state index in [0.29, 0.717) is 0 Å². The summed E-state index contributed by atoms with van der Waals surface area (Å²) >= 11 is 0. The highest BCUT2D eigenvalue weighted by atomic mass is 32.2. The minimum Gasteiger partial charge on any atom is -0.339 e. The predicted octanol–water partition coefficient (Wildman–Crippen LogP) is -0.330. The van der Waals surface area contributed by atoms with Crippen molar-refractivity contribution in [1.29, 1.82) is 0 Å². The predicted molar refractivity (Wildman–Crippen MR) is 44.1 cm³/mol. The van der Waals surface area contributed by atoms with Crippen LogP contribution in [0.4, 0.5) is 0 Å². The molecule has 5 nitrogen and oxygen atoms in total. The molecule has 0 radical (unpaired) electrons. The number of nitrogens with zero attached hydrogens (tertiary/aromatic N) is 3. The highest BCUT2D eigenvalue weighted by molar-refractivity contribution is 7.89. The first-order valence-electron chi connectivity index (χ1n) is 3.35. The van der Waals surface area contributed by atoms with Crippen LogP contribution in [0.15, 0.2) is 17.6 Å². The van der Waals surface area contributed by atoms with Gasteiger partial charge < -0.3 is 4.57 Å².